The Balaban J connectivity index is 2.06. The number of carbonyl (C=O) groups excluding carboxylic acids is 4. The second kappa shape index (κ2) is 9.87. The van der Waals surface area contributed by atoms with Gasteiger partial charge in [0.1, 0.15) is 25.2 Å². The Morgan fingerprint density at radius 3 is 2.50 bits per heavy atom. The number of amides is 2. The molecule has 3 atom stereocenters. The number of likely N-dealkylation sites (tertiary alicyclic amines) is 1. The molecule has 0 saturated carbocycles. The van der Waals surface area contributed by atoms with Gasteiger partial charge >= 0.3 is 11.9 Å². The first-order valence-electron chi connectivity index (χ1n) is 9.28. The molecule has 0 bridgehead atoms. The first-order chi connectivity index (χ1) is 13.4. The van der Waals surface area contributed by atoms with Gasteiger partial charge in [-0.1, -0.05) is 50.6 Å². The number of β-lactam (4-membered cyclic amide) rings is 1. The lowest BCUT2D eigenvalue weighted by Crippen LogP contribution is -2.69. The average molecular weight is 390 g/mol. The van der Waals surface area contributed by atoms with Crippen molar-refractivity contribution in [3.8, 4) is 0 Å². The third-order valence-corrected chi connectivity index (χ3v) is 4.72. The summed E-state index contributed by atoms with van der Waals surface area (Å²) >= 11 is 0. The molecular formula is C20H26N2O6. The summed E-state index contributed by atoms with van der Waals surface area (Å²) in [5.74, 6) is -2.47. The summed E-state index contributed by atoms with van der Waals surface area (Å²) in [6, 6.07) is 7.55. The van der Waals surface area contributed by atoms with E-state index in [1.165, 1.54) is 12.0 Å². The Morgan fingerprint density at radius 2 is 1.89 bits per heavy atom. The molecule has 1 aromatic carbocycles. The van der Waals surface area contributed by atoms with E-state index < -0.39 is 35.8 Å². The molecule has 1 aliphatic heterocycles. The van der Waals surface area contributed by atoms with Crippen LogP contribution in [0.2, 0.25) is 0 Å². The van der Waals surface area contributed by atoms with Gasteiger partial charge in [0.05, 0.1) is 13.0 Å². The third kappa shape index (κ3) is 4.88. The molecule has 2 rings (SSSR count). The Kier molecular flexibility index (Phi) is 7.54. The number of rotatable bonds is 9. The molecule has 152 valence electrons. The summed E-state index contributed by atoms with van der Waals surface area (Å²) in [5.41, 5.74) is 0.835. The van der Waals surface area contributed by atoms with Crippen molar-refractivity contribution in [3.05, 3.63) is 35.9 Å². The van der Waals surface area contributed by atoms with Gasteiger partial charge in [-0.05, 0) is 12.0 Å². The van der Waals surface area contributed by atoms with E-state index in [0.29, 0.717) is 12.8 Å². The fourth-order valence-corrected chi connectivity index (χ4v) is 3.16. The van der Waals surface area contributed by atoms with Crippen molar-refractivity contribution in [1.29, 1.82) is 0 Å². The number of nitrogens with zero attached hydrogens (tertiary/aromatic N) is 1. The highest BCUT2D eigenvalue weighted by Gasteiger charge is 2.53. The van der Waals surface area contributed by atoms with Gasteiger partial charge < -0.3 is 19.7 Å². The van der Waals surface area contributed by atoms with Crippen molar-refractivity contribution < 1.29 is 28.7 Å². The number of benzene rings is 1. The summed E-state index contributed by atoms with van der Waals surface area (Å²) in [7, 11) is 1.22. The van der Waals surface area contributed by atoms with E-state index in [-0.39, 0.29) is 19.1 Å². The SMILES string of the molecule is CCCC(C(=O)NCC(=O)OC)N1C(=O)C(C)C1C(=O)OCc1ccccc1. The van der Waals surface area contributed by atoms with Crippen LogP contribution >= 0.6 is 0 Å². The van der Waals surface area contributed by atoms with Crippen molar-refractivity contribution in [2.24, 2.45) is 5.92 Å². The monoisotopic (exact) mass is 390 g/mol. The summed E-state index contributed by atoms with van der Waals surface area (Å²) in [5, 5.41) is 2.46. The molecule has 0 spiro atoms. The van der Waals surface area contributed by atoms with Crippen molar-refractivity contribution >= 4 is 23.8 Å². The number of carbonyl (C=O) groups is 4. The van der Waals surface area contributed by atoms with Crippen LogP contribution in [0.3, 0.4) is 0 Å². The minimum absolute atomic E-state index is 0.0951. The molecule has 0 aromatic heterocycles. The Morgan fingerprint density at radius 1 is 1.21 bits per heavy atom. The second-order valence-electron chi connectivity index (χ2n) is 6.67. The van der Waals surface area contributed by atoms with Crippen LogP contribution in [0.25, 0.3) is 0 Å². The highest BCUT2D eigenvalue weighted by molar-refractivity contribution is 6.00. The van der Waals surface area contributed by atoms with Crippen molar-refractivity contribution in [2.45, 2.75) is 45.4 Å². The van der Waals surface area contributed by atoms with E-state index in [2.05, 4.69) is 10.1 Å². The second-order valence-corrected chi connectivity index (χ2v) is 6.67. The van der Waals surface area contributed by atoms with Crippen LogP contribution in [-0.4, -0.2) is 54.4 Å². The van der Waals surface area contributed by atoms with Crippen LogP contribution in [-0.2, 0) is 35.3 Å². The summed E-state index contributed by atoms with van der Waals surface area (Å²) < 4.78 is 9.87. The van der Waals surface area contributed by atoms with Crippen LogP contribution in [0, 0.1) is 5.92 Å². The number of nitrogens with one attached hydrogen (secondary N) is 1. The average Bonchev–Trinajstić information content (AvgIpc) is 2.72. The van der Waals surface area contributed by atoms with Gasteiger partial charge in [0.2, 0.25) is 11.8 Å². The Bertz CT molecular complexity index is 721. The maximum Gasteiger partial charge on any atom is 0.330 e. The molecule has 0 radical (unpaired) electrons. The largest absolute Gasteiger partial charge is 0.468 e. The van der Waals surface area contributed by atoms with Crippen LogP contribution in [0.4, 0.5) is 0 Å². The minimum Gasteiger partial charge on any atom is -0.468 e. The maximum atomic E-state index is 12.6. The molecule has 8 heteroatoms. The van der Waals surface area contributed by atoms with Crippen molar-refractivity contribution in [3.63, 3.8) is 0 Å². The fourth-order valence-electron chi connectivity index (χ4n) is 3.16. The number of hydrogen-bond acceptors (Lipinski definition) is 6. The highest BCUT2D eigenvalue weighted by Crippen LogP contribution is 2.31. The molecule has 1 heterocycles. The molecule has 28 heavy (non-hydrogen) atoms. The van der Waals surface area contributed by atoms with Crippen molar-refractivity contribution in [2.75, 3.05) is 13.7 Å². The number of esters is 2. The third-order valence-electron chi connectivity index (χ3n) is 4.72. The Labute approximate surface area is 164 Å². The van der Waals surface area contributed by atoms with Gasteiger partial charge in [0.15, 0.2) is 0 Å². The van der Waals surface area contributed by atoms with Crippen molar-refractivity contribution in [1.82, 2.24) is 10.2 Å². The molecule has 1 aromatic rings. The topological polar surface area (TPSA) is 102 Å². The zero-order chi connectivity index (χ0) is 20.7. The fraction of sp³-hybridized carbons (Fsp3) is 0.500. The summed E-state index contributed by atoms with van der Waals surface area (Å²) in [6.45, 7) is 3.31. The summed E-state index contributed by atoms with van der Waals surface area (Å²) in [6.07, 6.45) is 0.994. The number of ether oxygens (including phenoxy) is 2. The van der Waals surface area contributed by atoms with E-state index in [1.54, 1.807) is 6.92 Å². The van der Waals surface area contributed by atoms with E-state index >= 15 is 0 Å². The summed E-state index contributed by atoms with van der Waals surface area (Å²) in [4.78, 5) is 50.1. The lowest BCUT2D eigenvalue weighted by molar-refractivity contribution is -0.179. The van der Waals surface area contributed by atoms with Crippen LogP contribution in [0.15, 0.2) is 30.3 Å². The van der Waals surface area contributed by atoms with E-state index in [9.17, 15) is 19.2 Å². The molecule has 1 saturated heterocycles. The van der Waals surface area contributed by atoms with Gasteiger partial charge in [-0.3, -0.25) is 14.4 Å². The van der Waals surface area contributed by atoms with Gasteiger partial charge in [0.25, 0.3) is 0 Å². The predicted octanol–water partition coefficient (Wildman–Crippen LogP) is 1.03. The number of hydrogen-bond donors (Lipinski definition) is 1. The van der Waals surface area contributed by atoms with Gasteiger partial charge in [-0.25, -0.2) is 4.79 Å². The Hall–Kier alpha value is -2.90. The minimum atomic E-state index is -0.840. The van der Waals surface area contributed by atoms with Gasteiger partial charge in [-0.15, -0.1) is 0 Å². The highest BCUT2D eigenvalue weighted by atomic mass is 16.5. The lowest BCUT2D eigenvalue weighted by atomic mass is 9.86. The standard InChI is InChI=1S/C20H26N2O6/c1-4-8-15(18(24)21-11-16(23)27-3)22-17(13(2)19(22)25)20(26)28-12-14-9-6-5-7-10-14/h5-7,9-10,13,15,17H,4,8,11-12H2,1-3H3,(H,21,24). The van der Waals surface area contributed by atoms with Crippen LogP contribution in [0.1, 0.15) is 32.3 Å². The zero-order valence-corrected chi connectivity index (χ0v) is 16.3. The molecule has 8 nitrogen and oxygen atoms in total. The quantitative estimate of drug-likeness (QED) is 0.499. The molecule has 1 aliphatic rings. The molecule has 1 N–H and O–H groups in total. The first kappa shape index (κ1) is 21.4. The van der Waals surface area contributed by atoms with Gasteiger partial charge in [0, 0.05) is 0 Å². The smallest absolute Gasteiger partial charge is 0.330 e. The van der Waals surface area contributed by atoms with E-state index in [1.807, 2.05) is 37.3 Å². The normalized spacial score (nSPS) is 19.4. The molecular weight excluding hydrogens is 364 g/mol. The van der Waals surface area contributed by atoms with E-state index in [4.69, 9.17) is 4.74 Å². The lowest BCUT2D eigenvalue weighted by Gasteiger charge is -2.47. The first-order valence-corrected chi connectivity index (χ1v) is 9.28. The van der Waals surface area contributed by atoms with Crippen LogP contribution in [0.5, 0.6) is 0 Å². The zero-order valence-electron chi connectivity index (χ0n) is 16.3. The molecule has 0 aliphatic carbocycles. The predicted molar refractivity (Wildman–Crippen MR) is 99.8 cm³/mol. The van der Waals surface area contributed by atoms with E-state index in [0.717, 1.165) is 5.56 Å². The molecule has 2 amide bonds. The van der Waals surface area contributed by atoms with Crippen LogP contribution < -0.4 is 5.32 Å². The molecule has 1 fully saturated rings. The number of methoxy groups -OCH3 is 1. The van der Waals surface area contributed by atoms with Gasteiger partial charge in [-0.2, -0.15) is 0 Å². The molecule has 3 unspecified atom stereocenters. The maximum absolute atomic E-state index is 12.6.